The van der Waals surface area contributed by atoms with Gasteiger partial charge in [-0.15, -0.1) is 10.2 Å². The van der Waals surface area contributed by atoms with Gasteiger partial charge in [0.1, 0.15) is 12.4 Å². The molecule has 5 nitrogen and oxygen atoms in total. The summed E-state index contributed by atoms with van der Waals surface area (Å²) < 4.78 is 7.39. The number of halogens is 2. The third-order valence-electron chi connectivity index (χ3n) is 3.31. The quantitative estimate of drug-likeness (QED) is 0.516. The molecule has 0 bridgehead atoms. The van der Waals surface area contributed by atoms with Gasteiger partial charge in [0.25, 0.3) is 0 Å². The Bertz CT molecular complexity index is 1000. The lowest BCUT2D eigenvalue weighted by molar-refractivity contribution is 0.304. The largest absolute Gasteiger partial charge is 0.486 e. The summed E-state index contributed by atoms with van der Waals surface area (Å²) in [7, 11) is 0. The van der Waals surface area contributed by atoms with Crippen molar-refractivity contribution in [3.8, 4) is 17.1 Å². The van der Waals surface area contributed by atoms with E-state index in [0.29, 0.717) is 27.4 Å². The summed E-state index contributed by atoms with van der Waals surface area (Å²) in [5.41, 5.74) is 0.731. The van der Waals surface area contributed by atoms with Crippen molar-refractivity contribution in [3.63, 3.8) is 0 Å². The summed E-state index contributed by atoms with van der Waals surface area (Å²) in [6.07, 6.45) is 0. The highest BCUT2D eigenvalue weighted by Gasteiger charge is 2.16. The van der Waals surface area contributed by atoms with E-state index in [-0.39, 0.29) is 0 Å². The molecule has 2 heterocycles. The lowest BCUT2D eigenvalue weighted by Gasteiger charge is -2.02. The first-order chi connectivity index (χ1) is 11.7. The van der Waals surface area contributed by atoms with E-state index < -0.39 is 0 Å². The zero-order valence-electron chi connectivity index (χ0n) is 12.2. The van der Waals surface area contributed by atoms with Crippen LogP contribution in [0.1, 0.15) is 5.01 Å². The molecule has 0 saturated heterocycles. The number of aromatic nitrogens is 4. The van der Waals surface area contributed by atoms with Crippen LogP contribution in [-0.2, 0) is 6.61 Å². The molecule has 4 aromatic rings. The molecule has 0 fully saturated rings. The third-order valence-corrected chi connectivity index (χ3v) is 4.73. The minimum Gasteiger partial charge on any atom is -0.486 e. The van der Waals surface area contributed by atoms with E-state index in [0.717, 1.165) is 16.3 Å². The van der Waals surface area contributed by atoms with Crippen LogP contribution < -0.4 is 4.74 Å². The Balaban J connectivity index is 1.63. The van der Waals surface area contributed by atoms with Crippen LogP contribution in [0.2, 0.25) is 10.0 Å². The highest BCUT2D eigenvalue weighted by atomic mass is 35.5. The summed E-state index contributed by atoms with van der Waals surface area (Å²) in [5.74, 6) is 1.37. The van der Waals surface area contributed by atoms with Crippen molar-refractivity contribution in [2.24, 2.45) is 0 Å². The first kappa shape index (κ1) is 15.4. The maximum atomic E-state index is 6.25. The van der Waals surface area contributed by atoms with Gasteiger partial charge in [0.2, 0.25) is 4.96 Å². The van der Waals surface area contributed by atoms with E-state index in [9.17, 15) is 0 Å². The van der Waals surface area contributed by atoms with E-state index in [4.69, 9.17) is 27.9 Å². The van der Waals surface area contributed by atoms with Crippen molar-refractivity contribution in [1.29, 1.82) is 0 Å². The second kappa shape index (κ2) is 6.39. The minimum absolute atomic E-state index is 0.367. The summed E-state index contributed by atoms with van der Waals surface area (Å²) in [6, 6.07) is 14.8. The lowest BCUT2D eigenvalue weighted by Crippen LogP contribution is -1.97. The Labute approximate surface area is 151 Å². The molecule has 0 amide bonds. The van der Waals surface area contributed by atoms with Gasteiger partial charge < -0.3 is 4.74 Å². The van der Waals surface area contributed by atoms with Crippen molar-refractivity contribution in [1.82, 2.24) is 19.8 Å². The van der Waals surface area contributed by atoms with Crippen LogP contribution in [0.25, 0.3) is 16.3 Å². The first-order valence-corrected chi connectivity index (χ1v) is 8.62. The fourth-order valence-electron chi connectivity index (χ4n) is 2.22. The van der Waals surface area contributed by atoms with Crippen molar-refractivity contribution in [2.75, 3.05) is 0 Å². The molecular weight excluding hydrogens is 367 g/mol. The SMILES string of the molecule is Clc1ccc(-c2nnc3sc(COc4ccccc4)nn23)c(Cl)c1. The maximum Gasteiger partial charge on any atom is 0.235 e. The molecule has 0 atom stereocenters. The highest BCUT2D eigenvalue weighted by molar-refractivity contribution is 7.16. The molecule has 0 saturated carbocycles. The summed E-state index contributed by atoms with van der Waals surface area (Å²) in [6.45, 7) is 0.367. The fraction of sp³-hybridized carbons (Fsp3) is 0.0625. The average molecular weight is 377 g/mol. The predicted molar refractivity (Wildman–Crippen MR) is 94.9 cm³/mol. The van der Waals surface area contributed by atoms with Crippen LogP contribution in [-0.4, -0.2) is 19.8 Å². The summed E-state index contributed by atoms with van der Waals surface area (Å²) >= 11 is 13.6. The van der Waals surface area contributed by atoms with Crippen molar-refractivity contribution >= 4 is 39.5 Å². The summed E-state index contributed by atoms with van der Waals surface area (Å²) in [4.78, 5) is 0.683. The van der Waals surface area contributed by atoms with E-state index in [1.807, 2.05) is 30.3 Å². The molecule has 0 spiro atoms. The van der Waals surface area contributed by atoms with Gasteiger partial charge in [0, 0.05) is 10.6 Å². The number of fused-ring (bicyclic) bond motifs is 1. The van der Waals surface area contributed by atoms with Crippen LogP contribution in [0.15, 0.2) is 48.5 Å². The highest BCUT2D eigenvalue weighted by Crippen LogP contribution is 2.30. The van der Waals surface area contributed by atoms with Crippen LogP contribution in [0.5, 0.6) is 5.75 Å². The number of rotatable bonds is 4. The van der Waals surface area contributed by atoms with E-state index in [1.165, 1.54) is 11.3 Å². The Morgan fingerprint density at radius 1 is 1.04 bits per heavy atom. The average Bonchev–Trinajstić information content (AvgIpc) is 3.15. The van der Waals surface area contributed by atoms with Gasteiger partial charge in [0.05, 0.1) is 5.02 Å². The number of nitrogens with zero attached hydrogens (tertiary/aromatic N) is 4. The van der Waals surface area contributed by atoms with Gasteiger partial charge in [-0.3, -0.25) is 0 Å². The molecule has 0 aliphatic rings. The molecule has 2 aromatic heterocycles. The standard InChI is InChI=1S/C16H10Cl2N4OS/c17-10-6-7-12(13(18)8-10)15-19-20-16-22(15)21-14(24-16)9-23-11-4-2-1-3-5-11/h1-8H,9H2. The normalized spacial score (nSPS) is 11.1. The number of para-hydroxylation sites is 1. The molecule has 24 heavy (non-hydrogen) atoms. The number of benzene rings is 2. The molecule has 120 valence electrons. The van der Waals surface area contributed by atoms with Gasteiger partial charge in [-0.2, -0.15) is 9.61 Å². The molecule has 0 aliphatic carbocycles. The summed E-state index contributed by atoms with van der Waals surface area (Å²) in [5, 5.41) is 14.7. The lowest BCUT2D eigenvalue weighted by atomic mass is 10.2. The van der Waals surface area contributed by atoms with Gasteiger partial charge in [-0.25, -0.2) is 0 Å². The molecule has 4 rings (SSSR count). The Hall–Kier alpha value is -2.15. The molecule has 0 unspecified atom stereocenters. The monoisotopic (exact) mass is 376 g/mol. The molecular formula is C16H10Cl2N4OS. The number of hydrogen-bond acceptors (Lipinski definition) is 5. The van der Waals surface area contributed by atoms with E-state index in [2.05, 4.69) is 15.3 Å². The van der Waals surface area contributed by atoms with Gasteiger partial charge in [0.15, 0.2) is 10.8 Å². The first-order valence-electron chi connectivity index (χ1n) is 7.05. The van der Waals surface area contributed by atoms with Crippen LogP contribution >= 0.6 is 34.5 Å². The zero-order chi connectivity index (χ0) is 16.5. The number of ether oxygens (including phenoxy) is 1. The Morgan fingerprint density at radius 3 is 2.67 bits per heavy atom. The maximum absolute atomic E-state index is 6.25. The van der Waals surface area contributed by atoms with Crippen LogP contribution in [0, 0.1) is 0 Å². The Morgan fingerprint density at radius 2 is 1.88 bits per heavy atom. The number of hydrogen-bond donors (Lipinski definition) is 0. The van der Waals surface area contributed by atoms with Gasteiger partial charge in [-0.1, -0.05) is 52.7 Å². The minimum atomic E-state index is 0.367. The van der Waals surface area contributed by atoms with Crippen molar-refractivity contribution < 1.29 is 4.74 Å². The van der Waals surface area contributed by atoms with Crippen LogP contribution in [0.4, 0.5) is 0 Å². The van der Waals surface area contributed by atoms with Gasteiger partial charge in [-0.05, 0) is 30.3 Å². The Kier molecular flexibility index (Phi) is 4.10. The van der Waals surface area contributed by atoms with E-state index >= 15 is 0 Å². The topological polar surface area (TPSA) is 52.3 Å². The molecule has 0 N–H and O–H groups in total. The second-order valence-electron chi connectivity index (χ2n) is 4.94. The van der Waals surface area contributed by atoms with Crippen LogP contribution in [0.3, 0.4) is 0 Å². The second-order valence-corrected chi connectivity index (χ2v) is 6.82. The smallest absolute Gasteiger partial charge is 0.235 e. The van der Waals surface area contributed by atoms with Crippen molar-refractivity contribution in [2.45, 2.75) is 6.61 Å². The molecule has 0 aliphatic heterocycles. The fourth-order valence-corrected chi connectivity index (χ4v) is 3.45. The zero-order valence-corrected chi connectivity index (χ0v) is 14.5. The van der Waals surface area contributed by atoms with Crippen molar-refractivity contribution in [3.05, 3.63) is 63.6 Å². The molecule has 2 aromatic carbocycles. The van der Waals surface area contributed by atoms with E-state index in [1.54, 1.807) is 22.7 Å². The molecule has 0 radical (unpaired) electrons. The third kappa shape index (κ3) is 2.96. The molecule has 8 heteroatoms. The van der Waals surface area contributed by atoms with Gasteiger partial charge >= 0.3 is 0 Å². The predicted octanol–water partition coefficient (Wildman–Crippen LogP) is 4.74.